The predicted molar refractivity (Wildman–Crippen MR) is 151 cm³/mol. The van der Waals surface area contributed by atoms with Crippen LogP contribution < -0.4 is 15.4 Å². The van der Waals surface area contributed by atoms with E-state index in [0.717, 1.165) is 43.6 Å². The Labute approximate surface area is 230 Å². The van der Waals surface area contributed by atoms with Gasteiger partial charge in [-0.25, -0.2) is 0 Å². The van der Waals surface area contributed by atoms with Crippen LogP contribution in [0, 0.1) is 5.92 Å². The summed E-state index contributed by atoms with van der Waals surface area (Å²) in [5.41, 5.74) is 2.47. The van der Waals surface area contributed by atoms with Crippen molar-refractivity contribution in [1.82, 2.24) is 10.6 Å². The van der Waals surface area contributed by atoms with Crippen LogP contribution in [0.3, 0.4) is 0 Å². The highest BCUT2D eigenvalue weighted by Gasteiger charge is 2.27. The number of unbranched alkanes of at least 4 members (excludes halogenated alkanes) is 1. The zero-order valence-corrected chi connectivity index (χ0v) is 23.7. The maximum absolute atomic E-state index is 13.3. The Kier molecular flexibility index (Phi) is 12.3. The highest BCUT2D eigenvalue weighted by Crippen LogP contribution is 2.29. The maximum Gasteiger partial charge on any atom is 0.258 e. The van der Waals surface area contributed by atoms with E-state index >= 15 is 0 Å². The summed E-state index contributed by atoms with van der Waals surface area (Å²) in [5, 5.41) is 5.80. The number of nitrogens with one attached hydrogen (secondary N) is 2. The van der Waals surface area contributed by atoms with Gasteiger partial charge in [0.2, 0.25) is 5.91 Å². The summed E-state index contributed by atoms with van der Waals surface area (Å²) in [5.74, 6) is 1.95. The number of rotatable bonds is 16. The van der Waals surface area contributed by atoms with E-state index < -0.39 is 12.1 Å². The maximum atomic E-state index is 13.3. The summed E-state index contributed by atoms with van der Waals surface area (Å²) in [7, 11) is 0. The second-order valence-corrected chi connectivity index (χ2v) is 11.4. The number of amides is 2. The molecule has 2 amide bonds. The molecule has 2 aromatic rings. The van der Waals surface area contributed by atoms with E-state index in [1.165, 1.54) is 29.3 Å². The number of hydrogen-bond donors (Lipinski definition) is 2. The van der Waals surface area contributed by atoms with Crippen LogP contribution in [0.25, 0.3) is 0 Å². The minimum atomic E-state index is -0.733. The lowest BCUT2D eigenvalue weighted by Crippen LogP contribution is -2.53. The molecule has 1 heterocycles. The van der Waals surface area contributed by atoms with Gasteiger partial charge in [0.25, 0.3) is 5.91 Å². The molecule has 0 spiro atoms. The molecule has 0 radical (unpaired) electrons. The first-order chi connectivity index (χ1) is 18.4. The van der Waals surface area contributed by atoms with Crippen molar-refractivity contribution in [2.45, 2.75) is 90.0 Å². The second kappa shape index (κ2) is 15.6. The van der Waals surface area contributed by atoms with Gasteiger partial charge in [-0.15, -0.1) is 11.8 Å². The first kappa shape index (κ1) is 29.8. The molecule has 1 aromatic carbocycles. The summed E-state index contributed by atoms with van der Waals surface area (Å²) in [6, 6.07) is 8.38. The van der Waals surface area contributed by atoms with Crippen LogP contribution in [0.5, 0.6) is 5.75 Å². The van der Waals surface area contributed by atoms with Gasteiger partial charge in [-0.2, -0.15) is 0 Å². The average molecular weight is 543 g/mol. The number of Topliss-reactive ketones (excluding diaryl/α,β-unsaturated/α-hetero) is 1. The zero-order chi connectivity index (χ0) is 27.3. The number of aryl methyl sites for hydroxylation is 1. The molecule has 3 rings (SSSR count). The normalized spacial score (nSPS) is 14.4. The standard InChI is InChI=1S/C30H42N2O5S/c1-4-5-14-25(27(33)20-38-19-23-12-9-16-36-23)32-30(35)26(17-21(2)3)31-29(34)18-37-28-15-8-11-22-10-6-7-13-24(22)28/h8-9,11-12,15-16,21,25-26H,4-7,10,13-14,17-20H2,1-3H3,(H,31,34)(H,32,35)/t25-,26-/m0/s1. The Morgan fingerprint density at radius 3 is 2.61 bits per heavy atom. The number of benzene rings is 1. The zero-order valence-electron chi connectivity index (χ0n) is 22.9. The van der Waals surface area contributed by atoms with Crippen LogP contribution in [0.2, 0.25) is 0 Å². The minimum Gasteiger partial charge on any atom is -0.483 e. The molecule has 0 saturated carbocycles. The van der Waals surface area contributed by atoms with Crippen molar-refractivity contribution in [3.63, 3.8) is 0 Å². The van der Waals surface area contributed by atoms with E-state index in [2.05, 4.69) is 23.6 Å². The van der Waals surface area contributed by atoms with Gasteiger partial charge in [0, 0.05) is 0 Å². The molecule has 0 unspecified atom stereocenters. The van der Waals surface area contributed by atoms with Crippen LogP contribution in [-0.2, 0) is 33.0 Å². The fraction of sp³-hybridized carbons (Fsp3) is 0.567. The third-order valence-electron chi connectivity index (χ3n) is 6.69. The van der Waals surface area contributed by atoms with Crippen molar-refractivity contribution < 1.29 is 23.5 Å². The Hall–Kier alpha value is -2.74. The molecular formula is C30H42N2O5S. The lowest BCUT2D eigenvalue weighted by molar-refractivity contribution is -0.132. The predicted octanol–water partition coefficient (Wildman–Crippen LogP) is 5.25. The largest absolute Gasteiger partial charge is 0.483 e. The Morgan fingerprint density at radius 1 is 1.05 bits per heavy atom. The molecule has 7 nitrogen and oxygen atoms in total. The minimum absolute atomic E-state index is 0.0184. The third kappa shape index (κ3) is 9.53. The number of thioether (sulfide) groups is 1. The van der Waals surface area contributed by atoms with Crippen LogP contribution in [-0.4, -0.2) is 42.0 Å². The van der Waals surface area contributed by atoms with Crippen molar-refractivity contribution >= 4 is 29.4 Å². The molecular weight excluding hydrogens is 500 g/mol. The molecule has 0 aliphatic heterocycles. The highest BCUT2D eigenvalue weighted by atomic mass is 32.2. The number of ketones is 1. The summed E-state index contributed by atoms with van der Waals surface area (Å²) in [4.78, 5) is 39.1. The van der Waals surface area contributed by atoms with Gasteiger partial charge in [0.05, 0.1) is 23.8 Å². The summed E-state index contributed by atoms with van der Waals surface area (Å²) in [6.45, 7) is 5.91. The molecule has 1 aliphatic rings. The van der Waals surface area contributed by atoms with E-state index in [-0.39, 0.29) is 35.9 Å². The Morgan fingerprint density at radius 2 is 1.87 bits per heavy atom. The van der Waals surface area contributed by atoms with Gasteiger partial charge >= 0.3 is 0 Å². The lowest BCUT2D eigenvalue weighted by atomic mass is 9.91. The first-order valence-corrected chi connectivity index (χ1v) is 15.0. The quantitative estimate of drug-likeness (QED) is 0.301. The number of hydrogen-bond acceptors (Lipinski definition) is 6. The number of fused-ring (bicyclic) bond motifs is 1. The van der Waals surface area contributed by atoms with Crippen molar-refractivity contribution in [2.75, 3.05) is 12.4 Å². The van der Waals surface area contributed by atoms with Crippen molar-refractivity contribution in [3.05, 3.63) is 53.5 Å². The molecule has 1 aromatic heterocycles. The highest BCUT2D eigenvalue weighted by molar-refractivity contribution is 7.99. The fourth-order valence-electron chi connectivity index (χ4n) is 4.71. The molecule has 0 bridgehead atoms. The van der Waals surface area contributed by atoms with Crippen LogP contribution in [0.4, 0.5) is 0 Å². The first-order valence-electron chi connectivity index (χ1n) is 13.8. The van der Waals surface area contributed by atoms with Gasteiger partial charge in [-0.05, 0) is 73.8 Å². The average Bonchev–Trinajstić information content (AvgIpc) is 3.42. The molecule has 208 valence electrons. The summed E-state index contributed by atoms with van der Waals surface area (Å²) >= 11 is 1.47. The fourth-order valence-corrected chi connectivity index (χ4v) is 5.58. The second-order valence-electron chi connectivity index (χ2n) is 10.4. The number of ether oxygens (including phenoxy) is 1. The molecule has 2 atom stereocenters. The summed E-state index contributed by atoms with van der Waals surface area (Å²) in [6.07, 6.45) is 8.70. The number of furan rings is 1. The monoisotopic (exact) mass is 542 g/mol. The Bertz CT molecular complexity index is 1040. The van der Waals surface area contributed by atoms with Gasteiger partial charge in [0.1, 0.15) is 17.6 Å². The molecule has 0 fully saturated rings. The summed E-state index contributed by atoms with van der Waals surface area (Å²) < 4.78 is 11.2. The number of carbonyl (C=O) groups is 3. The number of carbonyl (C=O) groups excluding carboxylic acids is 3. The van der Waals surface area contributed by atoms with Gasteiger partial charge in [-0.1, -0.05) is 45.7 Å². The topological polar surface area (TPSA) is 97.6 Å². The van der Waals surface area contributed by atoms with Gasteiger partial charge < -0.3 is 19.8 Å². The molecule has 1 aliphatic carbocycles. The smallest absolute Gasteiger partial charge is 0.258 e. The molecule has 2 N–H and O–H groups in total. The van der Waals surface area contributed by atoms with E-state index in [4.69, 9.17) is 9.15 Å². The van der Waals surface area contributed by atoms with Crippen LogP contribution in [0.1, 0.15) is 76.2 Å². The van der Waals surface area contributed by atoms with Crippen molar-refractivity contribution in [1.29, 1.82) is 0 Å². The van der Waals surface area contributed by atoms with Crippen LogP contribution >= 0.6 is 11.8 Å². The van der Waals surface area contributed by atoms with E-state index in [9.17, 15) is 14.4 Å². The van der Waals surface area contributed by atoms with E-state index in [0.29, 0.717) is 18.6 Å². The SMILES string of the molecule is CCCC[C@H](NC(=O)[C@H](CC(C)C)NC(=O)COc1cccc2c1CCCC2)C(=O)CSCc1ccco1. The van der Waals surface area contributed by atoms with E-state index in [1.54, 1.807) is 6.26 Å². The molecule has 38 heavy (non-hydrogen) atoms. The van der Waals surface area contributed by atoms with E-state index in [1.807, 2.05) is 38.1 Å². The van der Waals surface area contributed by atoms with Crippen molar-refractivity contribution in [2.24, 2.45) is 5.92 Å². The Balaban J connectivity index is 1.56. The van der Waals surface area contributed by atoms with Crippen LogP contribution in [0.15, 0.2) is 41.0 Å². The van der Waals surface area contributed by atoms with Gasteiger partial charge in [0.15, 0.2) is 12.4 Å². The van der Waals surface area contributed by atoms with Gasteiger partial charge in [-0.3, -0.25) is 14.4 Å². The van der Waals surface area contributed by atoms with Crippen molar-refractivity contribution in [3.8, 4) is 5.75 Å². The third-order valence-corrected chi connectivity index (χ3v) is 7.67. The molecule has 0 saturated heterocycles. The molecule has 8 heteroatoms. The lowest BCUT2D eigenvalue weighted by Gasteiger charge is -2.24.